The predicted molar refractivity (Wildman–Crippen MR) is 91.0 cm³/mol. The molecule has 0 unspecified atom stereocenters. The van der Waals surface area contributed by atoms with E-state index >= 15 is 0 Å². The van der Waals surface area contributed by atoms with Crippen LogP contribution in [0.4, 0.5) is 5.69 Å². The summed E-state index contributed by atoms with van der Waals surface area (Å²) >= 11 is 0. The van der Waals surface area contributed by atoms with Gasteiger partial charge < -0.3 is 9.47 Å². The number of hydrogen-bond acceptors (Lipinski definition) is 5. The molecule has 6 nitrogen and oxygen atoms in total. The maximum atomic E-state index is 12.7. The lowest BCUT2D eigenvalue weighted by molar-refractivity contribution is 0.0600. The third-order valence-corrected chi connectivity index (χ3v) is 5.24. The van der Waals surface area contributed by atoms with Gasteiger partial charge in [0.1, 0.15) is 5.75 Å². The molecule has 0 aliphatic rings. The number of sulfonamides is 1. The number of rotatable bonds is 6. The van der Waals surface area contributed by atoms with Crippen molar-refractivity contribution in [3.05, 3.63) is 54.1 Å². The highest BCUT2D eigenvalue weighted by atomic mass is 32.2. The first kappa shape index (κ1) is 17.8. The van der Waals surface area contributed by atoms with E-state index in [1.165, 1.54) is 38.4 Å². The van der Waals surface area contributed by atoms with Crippen molar-refractivity contribution in [2.24, 2.45) is 0 Å². The van der Waals surface area contributed by atoms with Crippen molar-refractivity contribution in [3.8, 4) is 5.75 Å². The predicted octanol–water partition coefficient (Wildman–Crippen LogP) is 2.70. The Morgan fingerprint density at radius 1 is 1.04 bits per heavy atom. The lowest BCUT2D eigenvalue weighted by Gasteiger charge is -2.20. The summed E-state index contributed by atoms with van der Waals surface area (Å²) in [6.45, 7) is 2.37. The van der Waals surface area contributed by atoms with Gasteiger partial charge in [-0.05, 0) is 55.5 Å². The summed E-state index contributed by atoms with van der Waals surface area (Å²) < 4.78 is 36.4. The Morgan fingerprint density at radius 2 is 1.62 bits per heavy atom. The fourth-order valence-electron chi connectivity index (χ4n) is 2.10. The molecular weight excluding hydrogens is 330 g/mol. The van der Waals surface area contributed by atoms with Crippen LogP contribution in [0, 0.1) is 0 Å². The molecule has 0 bridgehead atoms. The summed E-state index contributed by atoms with van der Waals surface area (Å²) in [4.78, 5) is 11.6. The third-order valence-electron chi connectivity index (χ3n) is 3.45. The Morgan fingerprint density at radius 3 is 2.12 bits per heavy atom. The molecule has 0 aliphatic heterocycles. The average molecular weight is 349 g/mol. The van der Waals surface area contributed by atoms with Crippen molar-refractivity contribution in [1.82, 2.24) is 0 Å². The molecule has 0 fully saturated rings. The summed E-state index contributed by atoms with van der Waals surface area (Å²) in [5, 5.41) is 0. The van der Waals surface area contributed by atoms with E-state index in [1.807, 2.05) is 6.92 Å². The molecule has 128 valence electrons. The molecule has 2 aromatic carbocycles. The van der Waals surface area contributed by atoms with Crippen molar-refractivity contribution in [1.29, 1.82) is 0 Å². The summed E-state index contributed by atoms with van der Waals surface area (Å²) in [7, 11) is -0.953. The van der Waals surface area contributed by atoms with Crippen molar-refractivity contribution >= 4 is 21.7 Å². The summed E-state index contributed by atoms with van der Waals surface area (Å²) in [5.74, 6) is 0.139. The van der Waals surface area contributed by atoms with Crippen LogP contribution in [-0.2, 0) is 14.8 Å². The zero-order valence-corrected chi connectivity index (χ0v) is 14.5. The lowest BCUT2D eigenvalue weighted by Crippen LogP contribution is -2.26. The largest absolute Gasteiger partial charge is 0.494 e. The number of benzene rings is 2. The quantitative estimate of drug-likeness (QED) is 0.750. The summed E-state index contributed by atoms with van der Waals surface area (Å²) in [5.41, 5.74) is 0.796. The molecule has 0 radical (unpaired) electrons. The Labute approximate surface area is 141 Å². The average Bonchev–Trinajstić information content (AvgIpc) is 2.61. The van der Waals surface area contributed by atoms with Crippen LogP contribution >= 0.6 is 0 Å². The molecule has 0 atom stereocenters. The minimum absolute atomic E-state index is 0.158. The first-order valence-corrected chi connectivity index (χ1v) is 8.74. The highest BCUT2D eigenvalue weighted by Gasteiger charge is 2.21. The van der Waals surface area contributed by atoms with Gasteiger partial charge in [-0.3, -0.25) is 4.31 Å². The second-order valence-corrected chi connectivity index (χ2v) is 6.88. The van der Waals surface area contributed by atoms with Crippen LogP contribution in [0.25, 0.3) is 0 Å². The maximum Gasteiger partial charge on any atom is 0.337 e. The van der Waals surface area contributed by atoms with Gasteiger partial charge in [-0.25, -0.2) is 13.2 Å². The van der Waals surface area contributed by atoms with E-state index in [-0.39, 0.29) is 4.90 Å². The van der Waals surface area contributed by atoms with E-state index < -0.39 is 16.0 Å². The number of hydrogen-bond donors (Lipinski definition) is 0. The van der Waals surface area contributed by atoms with Gasteiger partial charge in [-0.2, -0.15) is 0 Å². The van der Waals surface area contributed by atoms with E-state index in [9.17, 15) is 13.2 Å². The first-order chi connectivity index (χ1) is 11.4. The van der Waals surface area contributed by atoms with E-state index in [2.05, 4.69) is 4.74 Å². The minimum Gasteiger partial charge on any atom is -0.494 e. The zero-order valence-electron chi connectivity index (χ0n) is 13.7. The van der Waals surface area contributed by atoms with Crippen LogP contribution < -0.4 is 9.04 Å². The van der Waals surface area contributed by atoms with Gasteiger partial charge in [-0.1, -0.05) is 0 Å². The van der Waals surface area contributed by atoms with E-state index in [0.29, 0.717) is 23.6 Å². The fourth-order valence-corrected chi connectivity index (χ4v) is 3.29. The van der Waals surface area contributed by atoms with E-state index in [4.69, 9.17) is 4.74 Å². The second-order valence-electron chi connectivity index (χ2n) is 4.92. The van der Waals surface area contributed by atoms with Crippen LogP contribution in [0.1, 0.15) is 17.3 Å². The van der Waals surface area contributed by atoms with Gasteiger partial charge in [0.15, 0.2) is 0 Å². The smallest absolute Gasteiger partial charge is 0.337 e. The Hall–Kier alpha value is -2.54. The molecule has 0 amide bonds. The molecule has 0 N–H and O–H groups in total. The van der Waals surface area contributed by atoms with Crippen LogP contribution in [0.15, 0.2) is 53.4 Å². The van der Waals surface area contributed by atoms with Crippen molar-refractivity contribution in [2.45, 2.75) is 11.8 Å². The van der Waals surface area contributed by atoms with Crippen molar-refractivity contribution in [3.63, 3.8) is 0 Å². The van der Waals surface area contributed by atoms with Crippen molar-refractivity contribution in [2.75, 3.05) is 25.1 Å². The fraction of sp³-hybridized carbons (Fsp3) is 0.235. The molecular formula is C17H19NO5S. The topological polar surface area (TPSA) is 72.9 Å². The number of ether oxygens (including phenoxy) is 2. The Balaban J connectivity index is 2.26. The molecule has 0 spiro atoms. The van der Waals surface area contributed by atoms with Gasteiger partial charge in [0.25, 0.3) is 10.0 Å². The maximum absolute atomic E-state index is 12.7. The summed E-state index contributed by atoms with van der Waals surface area (Å²) in [6, 6.07) is 12.4. The van der Waals surface area contributed by atoms with Crippen LogP contribution in [0.5, 0.6) is 5.75 Å². The number of carbonyl (C=O) groups excluding carboxylic acids is 1. The molecule has 0 aliphatic carbocycles. The van der Waals surface area contributed by atoms with Crippen LogP contribution in [0.3, 0.4) is 0 Å². The van der Waals surface area contributed by atoms with E-state index in [1.54, 1.807) is 24.3 Å². The highest BCUT2D eigenvalue weighted by molar-refractivity contribution is 7.92. The molecule has 0 heterocycles. The van der Waals surface area contributed by atoms with Gasteiger partial charge >= 0.3 is 5.97 Å². The number of anilines is 1. The molecule has 24 heavy (non-hydrogen) atoms. The zero-order chi connectivity index (χ0) is 17.7. The lowest BCUT2D eigenvalue weighted by atomic mass is 10.2. The highest BCUT2D eigenvalue weighted by Crippen LogP contribution is 2.24. The number of methoxy groups -OCH3 is 1. The van der Waals surface area contributed by atoms with Gasteiger partial charge in [0.05, 0.1) is 29.9 Å². The molecule has 0 saturated carbocycles. The Kier molecular flexibility index (Phi) is 5.46. The normalized spacial score (nSPS) is 11.0. The van der Waals surface area contributed by atoms with Crippen molar-refractivity contribution < 1.29 is 22.7 Å². The van der Waals surface area contributed by atoms with Gasteiger partial charge in [-0.15, -0.1) is 0 Å². The van der Waals surface area contributed by atoms with Gasteiger partial charge in [0, 0.05) is 7.05 Å². The Bertz CT molecular complexity index is 798. The monoisotopic (exact) mass is 349 g/mol. The molecule has 0 saturated heterocycles. The van der Waals surface area contributed by atoms with Gasteiger partial charge in [0.2, 0.25) is 0 Å². The first-order valence-electron chi connectivity index (χ1n) is 7.30. The minimum atomic E-state index is -3.70. The van der Waals surface area contributed by atoms with E-state index in [0.717, 1.165) is 4.31 Å². The standard InChI is InChI=1S/C17H19NO5S/c1-4-23-15-9-11-16(12-10-15)24(20,21)18(2)14-7-5-13(6-8-14)17(19)22-3/h5-12H,4H2,1-3H3. The molecule has 2 aromatic rings. The number of nitrogens with zero attached hydrogens (tertiary/aromatic N) is 1. The second kappa shape index (κ2) is 7.35. The van der Waals surface area contributed by atoms with Crippen LogP contribution in [-0.4, -0.2) is 35.2 Å². The molecule has 2 rings (SSSR count). The summed E-state index contributed by atoms with van der Waals surface area (Å²) in [6.07, 6.45) is 0. The molecule has 7 heteroatoms. The SMILES string of the molecule is CCOc1ccc(S(=O)(=O)N(C)c2ccc(C(=O)OC)cc2)cc1. The third kappa shape index (κ3) is 3.68. The molecule has 0 aromatic heterocycles. The number of carbonyl (C=O) groups is 1. The van der Waals surface area contributed by atoms with Crippen LogP contribution in [0.2, 0.25) is 0 Å². The number of esters is 1.